The number of aromatic nitrogens is 1. The SMILES string of the molecule is O=C(c1ccncc1F)c1ccc(F)c2ccccc12. The lowest BCUT2D eigenvalue weighted by Crippen LogP contribution is -2.05. The molecular formula is C16H9F2NO. The first-order chi connectivity index (χ1) is 9.68. The Kier molecular flexibility index (Phi) is 2.99. The van der Waals surface area contributed by atoms with Gasteiger partial charge in [-0.15, -0.1) is 0 Å². The van der Waals surface area contributed by atoms with Gasteiger partial charge in [0.05, 0.1) is 11.8 Å². The lowest BCUT2D eigenvalue weighted by Gasteiger charge is -2.07. The Hall–Kier alpha value is -2.62. The number of benzene rings is 2. The van der Waals surface area contributed by atoms with Crippen LogP contribution in [0.2, 0.25) is 0 Å². The molecule has 1 aromatic heterocycles. The lowest BCUT2D eigenvalue weighted by molar-refractivity contribution is 0.103. The van der Waals surface area contributed by atoms with Crippen molar-refractivity contribution in [1.82, 2.24) is 4.98 Å². The van der Waals surface area contributed by atoms with Gasteiger partial charge in [-0.1, -0.05) is 24.3 Å². The molecule has 0 radical (unpaired) electrons. The first-order valence-corrected chi connectivity index (χ1v) is 6.00. The number of nitrogens with zero attached hydrogens (tertiary/aromatic N) is 1. The number of hydrogen-bond donors (Lipinski definition) is 0. The molecule has 0 unspecified atom stereocenters. The van der Waals surface area contributed by atoms with Gasteiger partial charge < -0.3 is 0 Å². The van der Waals surface area contributed by atoms with Crippen LogP contribution in [-0.4, -0.2) is 10.8 Å². The number of carbonyl (C=O) groups excluding carboxylic acids is 1. The highest BCUT2D eigenvalue weighted by Crippen LogP contribution is 2.24. The van der Waals surface area contributed by atoms with Crippen molar-refractivity contribution in [3.05, 3.63) is 77.6 Å². The van der Waals surface area contributed by atoms with E-state index < -0.39 is 17.4 Å². The van der Waals surface area contributed by atoms with Gasteiger partial charge in [-0.05, 0) is 23.6 Å². The minimum absolute atomic E-state index is 0.0724. The van der Waals surface area contributed by atoms with Crippen molar-refractivity contribution < 1.29 is 13.6 Å². The standard InChI is InChI=1S/C16H9F2NO/c17-14-6-5-12(10-3-1-2-4-11(10)14)16(20)13-7-8-19-9-15(13)18/h1-9H. The van der Waals surface area contributed by atoms with Crippen molar-refractivity contribution in [2.75, 3.05) is 0 Å². The fourth-order valence-electron chi connectivity index (χ4n) is 2.16. The molecule has 0 atom stereocenters. The molecule has 0 aliphatic carbocycles. The molecule has 0 fully saturated rings. The Morgan fingerprint density at radius 3 is 2.35 bits per heavy atom. The predicted octanol–water partition coefficient (Wildman–Crippen LogP) is 3.74. The number of hydrogen-bond acceptors (Lipinski definition) is 2. The summed E-state index contributed by atoms with van der Waals surface area (Å²) in [4.78, 5) is 16.0. The second kappa shape index (κ2) is 4.81. The zero-order valence-corrected chi connectivity index (χ0v) is 10.3. The highest BCUT2D eigenvalue weighted by Gasteiger charge is 2.17. The average Bonchev–Trinajstić information content (AvgIpc) is 2.48. The van der Waals surface area contributed by atoms with Gasteiger partial charge in [0.15, 0.2) is 11.6 Å². The van der Waals surface area contributed by atoms with Gasteiger partial charge in [-0.2, -0.15) is 0 Å². The molecule has 20 heavy (non-hydrogen) atoms. The van der Waals surface area contributed by atoms with Crippen molar-refractivity contribution in [2.45, 2.75) is 0 Å². The summed E-state index contributed by atoms with van der Waals surface area (Å²) in [7, 11) is 0. The Bertz CT molecular complexity index is 814. The molecule has 0 aliphatic heterocycles. The number of ketones is 1. The summed E-state index contributed by atoms with van der Waals surface area (Å²) in [6.45, 7) is 0. The van der Waals surface area contributed by atoms with Crippen LogP contribution in [0.5, 0.6) is 0 Å². The molecule has 1 heterocycles. The van der Waals surface area contributed by atoms with E-state index in [4.69, 9.17) is 0 Å². The molecular weight excluding hydrogens is 260 g/mol. The summed E-state index contributed by atoms with van der Waals surface area (Å²) in [5.41, 5.74) is 0.198. The number of pyridine rings is 1. The Morgan fingerprint density at radius 1 is 0.850 bits per heavy atom. The van der Waals surface area contributed by atoms with Crippen LogP contribution in [0, 0.1) is 11.6 Å². The van der Waals surface area contributed by atoms with Crippen LogP contribution in [0.1, 0.15) is 15.9 Å². The number of carbonyl (C=O) groups is 1. The van der Waals surface area contributed by atoms with Crippen LogP contribution >= 0.6 is 0 Å². The largest absolute Gasteiger partial charge is 0.288 e. The van der Waals surface area contributed by atoms with E-state index in [1.165, 1.54) is 24.4 Å². The van der Waals surface area contributed by atoms with Crippen LogP contribution in [0.25, 0.3) is 10.8 Å². The van der Waals surface area contributed by atoms with Crippen molar-refractivity contribution in [1.29, 1.82) is 0 Å². The van der Waals surface area contributed by atoms with Crippen LogP contribution < -0.4 is 0 Å². The summed E-state index contributed by atoms with van der Waals surface area (Å²) < 4.78 is 27.4. The number of halogens is 2. The maximum atomic E-state index is 13.7. The zero-order valence-electron chi connectivity index (χ0n) is 10.3. The van der Waals surface area contributed by atoms with E-state index in [1.807, 2.05) is 0 Å². The third-order valence-electron chi connectivity index (χ3n) is 3.13. The maximum absolute atomic E-state index is 13.7. The quantitative estimate of drug-likeness (QED) is 0.663. The third-order valence-corrected chi connectivity index (χ3v) is 3.13. The molecule has 0 N–H and O–H groups in total. The highest BCUT2D eigenvalue weighted by atomic mass is 19.1. The zero-order chi connectivity index (χ0) is 14.1. The molecule has 2 nitrogen and oxygen atoms in total. The molecule has 0 bridgehead atoms. The second-order valence-electron chi connectivity index (χ2n) is 4.33. The van der Waals surface area contributed by atoms with Crippen LogP contribution in [0.4, 0.5) is 8.78 Å². The summed E-state index contributed by atoms with van der Waals surface area (Å²) in [6.07, 6.45) is 2.33. The van der Waals surface area contributed by atoms with Crippen LogP contribution in [0.3, 0.4) is 0 Å². The minimum atomic E-state index is -0.689. The first-order valence-electron chi connectivity index (χ1n) is 6.00. The Labute approximate surface area is 113 Å². The average molecular weight is 269 g/mol. The van der Waals surface area contributed by atoms with Crippen molar-refractivity contribution in [3.63, 3.8) is 0 Å². The van der Waals surface area contributed by atoms with E-state index in [2.05, 4.69) is 4.98 Å². The molecule has 2 aromatic carbocycles. The number of fused-ring (bicyclic) bond motifs is 1. The van der Waals surface area contributed by atoms with Crippen molar-refractivity contribution in [3.8, 4) is 0 Å². The smallest absolute Gasteiger partial charge is 0.196 e. The van der Waals surface area contributed by atoms with E-state index in [0.29, 0.717) is 10.8 Å². The fourth-order valence-corrected chi connectivity index (χ4v) is 2.16. The highest BCUT2D eigenvalue weighted by molar-refractivity contribution is 6.16. The lowest BCUT2D eigenvalue weighted by atomic mass is 9.97. The van der Waals surface area contributed by atoms with Gasteiger partial charge in [0.25, 0.3) is 0 Å². The third kappa shape index (κ3) is 1.95. The van der Waals surface area contributed by atoms with Crippen LogP contribution in [0.15, 0.2) is 54.9 Å². The minimum Gasteiger partial charge on any atom is -0.288 e. The molecule has 0 saturated carbocycles. The fraction of sp³-hybridized carbons (Fsp3) is 0. The predicted molar refractivity (Wildman–Crippen MR) is 71.5 cm³/mol. The van der Waals surface area contributed by atoms with Gasteiger partial charge in [0.1, 0.15) is 5.82 Å². The van der Waals surface area contributed by atoms with E-state index in [-0.39, 0.29) is 11.1 Å². The van der Waals surface area contributed by atoms with Gasteiger partial charge in [0, 0.05) is 17.1 Å². The molecule has 0 amide bonds. The molecule has 98 valence electrons. The molecule has 4 heteroatoms. The van der Waals surface area contributed by atoms with E-state index in [1.54, 1.807) is 24.3 Å². The second-order valence-corrected chi connectivity index (χ2v) is 4.33. The molecule has 3 aromatic rings. The summed E-state index contributed by atoms with van der Waals surface area (Å²) in [6, 6.07) is 10.5. The monoisotopic (exact) mass is 269 g/mol. The van der Waals surface area contributed by atoms with Gasteiger partial charge in [-0.3, -0.25) is 9.78 Å². The molecule has 0 saturated heterocycles. The van der Waals surface area contributed by atoms with E-state index in [9.17, 15) is 13.6 Å². The summed E-state index contributed by atoms with van der Waals surface area (Å²) in [5, 5.41) is 0.807. The van der Waals surface area contributed by atoms with Crippen LogP contribution in [-0.2, 0) is 0 Å². The summed E-state index contributed by atoms with van der Waals surface area (Å²) >= 11 is 0. The normalized spacial score (nSPS) is 10.7. The van der Waals surface area contributed by atoms with E-state index >= 15 is 0 Å². The maximum Gasteiger partial charge on any atom is 0.196 e. The molecule has 3 rings (SSSR count). The Morgan fingerprint density at radius 2 is 1.60 bits per heavy atom. The molecule has 0 aliphatic rings. The van der Waals surface area contributed by atoms with Gasteiger partial charge >= 0.3 is 0 Å². The van der Waals surface area contributed by atoms with E-state index in [0.717, 1.165) is 6.20 Å². The Balaban J connectivity index is 2.23. The molecule has 0 spiro atoms. The van der Waals surface area contributed by atoms with Crippen molar-refractivity contribution in [2.24, 2.45) is 0 Å². The number of rotatable bonds is 2. The summed E-state index contributed by atoms with van der Waals surface area (Å²) in [5.74, 6) is -1.58. The van der Waals surface area contributed by atoms with Crippen molar-refractivity contribution >= 4 is 16.6 Å². The van der Waals surface area contributed by atoms with Gasteiger partial charge in [-0.25, -0.2) is 8.78 Å². The van der Waals surface area contributed by atoms with Gasteiger partial charge in [0.2, 0.25) is 0 Å². The first kappa shape index (κ1) is 12.4. The topological polar surface area (TPSA) is 30.0 Å².